The van der Waals surface area contributed by atoms with Crippen molar-refractivity contribution in [3.8, 4) is 11.5 Å². The molecule has 0 bridgehead atoms. The Morgan fingerprint density at radius 3 is 2.61 bits per heavy atom. The molecule has 1 heterocycles. The van der Waals surface area contributed by atoms with Gasteiger partial charge in [-0.3, -0.25) is 4.79 Å². The van der Waals surface area contributed by atoms with Gasteiger partial charge < -0.3 is 9.47 Å². The van der Waals surface area contributed by atoms with Crippen LogP contribution in [0.25, 0.3) is 10.9 Å². The molecule has 3 aromatic rings. The number of rotatable bonds is 9. The van der Waals surface area contributed by atoms with Crippen molar-refractivity contribution >= 4 is 44.6 Å². The van der Waals surface area contributed by atoms with Crippen molar-refractivity contribution in [3.05, 3.63) is 61.6 Å². The number of hydrogen-bond acceptors (Lipinski definition) is 5. The summed E-state index contributed by atoms with van der Waals surface area (Å²) in [6, 6.07) is 9.05. The molecule has 1 aromatic heterocycles. The lowest BCUT2D eigenvalue weighted by Gasteiger charge is -2.18. The van der Waals surface area contributed by atoms with Crippen LogP contribution in [0.4, 0.5) is 0 Å². The fourth-order valence-corrected chi connectivity index (χ4v) is 3.85. The van der Waals surface area contributed by atoms with Crippen LogP contribution in [0.15, 0.2) is 44.7 Å². The van der Waals surface area contributed by atoms with E-state index in [1.807, 2.05) is 45.9 Å². The van der Waals surface area contributed by atoms with Crippen LogP contribution in [0.1, 0.15) is 64.8 Å². The van der Waals surface area contributed by atoms with Gasteiger partial charge in [-0.25, -0.2) is 4.98 Å². The first-order valence-corrected chi connectivity index (χ1v) is 12.4. The van der Waals surface area contributed by atoms with Crippen LogP contribution in [-0.2, 0) is 0 Å². The highest BCUT2D eigenvalue weighted by molar-refractivity contribution is 9.10. The molecule has 0 unspecified atom stereocenters. The number of halogens is 2. The Bertz CT molecular complexity index is 1230. The normalized spacial score (nSPS) is 13.4. The molecule has 0 aliphatic rings. The van der Waals surface area contributed by atoms with E-state index in [9.17, 15) is 4.79 Å². The van der Waals surface area contributed by atoms with Crippen molar-refractivity contribution in [1.29, 1.82) is 0 Å². The van der Waals surface area contributed by atoms with Gasteiger partial charge in [-0.1, -0.05) is 48.3 Å². The van der Waals surface area contributed by atoms with Crippen LogP contribution in [0.5, 0.6) is 11.5 Å². The molecule has 0 spiro atoms. The molecular formula is C25H29BrClN3O3. The Kier molecular flexibility index (Phi) is 8.54. The minimum atomic E-state index is -0.222. The Balaban J connectivity index is 2.11. The molecule has 0 amide bonds. The summed E-state index contributed by atoms with van der Waals surface area (Å²) < 4.78 is 13.9. The van der Waals surface area contributed by atoms with Crippen LogP contribution in [0.2, 0.25) is 5.02 Å². The molecule has 0 aliphatic carbocycles. The molecule has 0 saturated carbocycles. The van der Waals surface area contributed by atoms with Crippen molar-refractivity contribution in [2.24, 2.45) is 5.10 Å². The van der Waals surface area contributed by atoms with Crippen molar-refractivity contribution < 1.29 is 9.47 Å². The zero-order chi connectivity index (χ0) is 24.1. The first-order chi connectivity index (χ1) is 15.8. The van der Waals surface area contributed by atoms with Crippen LogP contribution in [0, 0.1) is 0 Å². The molecule has 33 heavy (non-hydrogen) atoms. The fraction of sp³-hybridized carbons (Fsp3) is 0.400. The monoisotopic (exact) mass is 533 g/mol. The fourth-order valence-electron chi connectivity index (χ4n) is 3.23. The minimum Gasteiger partial charge on any atom is -0.490 e. The van der Waals surface area contributed by atoms with Crippen LogP contribution in [-0.4, -0.2) is 28.6 Å². The summed E-state index contributed by atoms with van der Waals surface area (Å²) in [7, 11) is 0. The minimum absolute atomic E-state index is 0.000822. The van der Waals surface area contributed by atoms with E-state index in [2.05, 4.69) is 28.0 Å². The molecule has 2 atom stereocenters. The number of ether oxygens (including phenoxy) is 2. The van der Waals surface area contributed by atoms with E-state index in [4.69, 9.17) is 26.1 Å². The quantitative estimate of drug-likeness (QED) is 0.284. The summed E-state index contributed by atoms with van der Waals surface area (Å²) in [5, 5.41) is 5.45. The largest absolute Gasteiger partial charge is 0.490 e. The third kappa shape index (κ3) is 5.76. The van der Waals surface area contributed by atoms with E-state index in [1.54, 1.807) is 18.3 Å². The van der Waals surface area contributed by atoms with E-state index in [-0.39, 0.29) is 17.6 Å². The van der Waals surface area contributed by atoms with Gasteiger partial charge in [-0.05, 0) is 62.6 Å². The van der Waals surface area contributed by atoms with Gasteiger partial charge in [0.15, 0.2) is 11.5 Å². The first kappa shape index (κ1) is 25.2. The molecule has 0 radical (unpaired) electrons. The molecule has 0 N–H and O–H groups in total. The molecule has 2 aromatic carbocycles. The Hall–Kier alpha value is -2.38. The summed E-state index contributed by atoms with van der Waals surface area (Å²) in [5.74, 6) is 1.72. The van der Waals surface area contributed by atoms with Gasteiger partial charge >= 0.3 is 0 Å². The maximum Gasteiger partial charge on any atom is 0.282 e. The molecule has 0 saturated heterocycles. The lowest BCUT2D eigenvalue weighted by molar-refractivity contribution is 0.203. The maximum absolute atomic E-state index is 13.3. The average Bonchev–Trinajstić information content (AvgIpc) is 2.80. The summed E-state index contributed by atoms with van der Waals surface area (Å²) in [6.45, 7) is 10.5. The second-order valence-electron chi connectivity index (χ2n) is 7.90. The summed E-state index contributed by atoms with van der Waals surface area (Å²) in [4.78, 5) is 18.0. The van der Waals surface area contributed by atoms with Gasteiger partial charge in [0, 0.05) is 10.4 Å². The van der Waals surface area contributed by atoms with Crippen LogP contribution in [0.3, 0.4) is 0 Å². The third-order valence-corrected chi connectivity index (χ3v) is 6.21. The highest BCUT2D eigenvalue weighted by atomic mass is 79.9. The van der Waals surface area contributed by atoms with E-state index in [0.29, 0.717) is 45.4 Å². The Labute approximate surface area is 207 Å². The first-order valence-electron chi connectivity index (χ1n) is 11.2. The zero-order valence-electron chi connectivity index (χ0n) is 19.6. The summed E-state index contributed by atoms with van der Waals surface area (Å²) in [5.41, 5.74) is 1.12. The lowest BCUT2D eigenvalue weighted by atomic mass is 10.1. The summed E-state index contributed by atoms with van der Waals surface area (Å²) >= 11 is 9.96. The smallest absolute Gasteiger partial charge is 0.282 e. The van der Waals surface area contributed by atoms with Gasteiger partial charge in [-0.2, -0.15) is 9.78 Å². The van der Waals surface area contributed by atoms with E-state index in [1.165, 1.54) is 4.68 Å². The zero-order valence-corrected chi connectivity index (χ0v) is 21.9. The highest BCUT2D eigenvalue weighted by Crippen LogP contribution is 2.37. The molecule has 8 heteroatoms. The van der Waals surface area contributed by atoms with Crippen molar-refractivity contribution in [2.45, 2.75) is 59.5 Å². The number of nitrogens with zero attached hydrogens (tertiary/aromatic N) is 3. The maximum atomic E-state index is 13.3. The second kappa shape index (κ2) is 11.2. The van der Waals surface area contributed by atoms with Crippen LogP contribution < -0.4 is 15.0 Å². The van der Waals surface area contributed by atoms with E-state index >= 15 is 0 Å². The van der Waals surface area contributed by atoms with Gasteiger partial charge in [0.1, 0.15) is 5.82 Å². The molecule has 3 rings (SSSR count). The van der Waals surface area contributed by atoms with E-state index < -0.39 is 0 Å². The van der Waals surface area contributed by atoms with Gasteiger partial charge in [0.2, 0.25) is 0 Å². The molecule has 176 valence electrons. The Morgan fingerprint density at radius 2 is 1.94 bits per heavy atom. The third-order valence-electron chi connectivity index (χ3n) is 5.43. The molecule has 0 fully saturated rings. The predicted octanol–water partition coefficient (Wildman–Crippen LogP) is 6.78. The van der Waals surface area contributed by atoms with Gasteiger partial charge in [0.25, 0.3) is 5.56 Å². The lowest BCUT2D eigenvalue weighted by Crippen LogP contribution is -2.23. The summed E-state index contributed by atoms with van der Waals surface area (Å²) in [6.07, 6.45) is 3.27. The van der Waals surface area contributed by atoms with Gasteiger partial charge in [-0.15, -0.1) is 0 Å². The SMILES string of the molecule is CCOc1cc(C=Nn2c([C@H](C)CC)nc3ccc(Br)cc3c2=O)cc(Cl)c1O[C@@H](C)CC. The second-order valence-corrected chi connectivity index (χ2v) is 9.22. The standard InChI is InChI=1S/C25H29BrClN3O3/c1-6-15(4)24-29-21-10-9-18(26)13-19(21)25(31)30(24)28-14-17-11-20(27)23(33-16(5)7-2)22(12-17)32-8-3/h9-16H,6-8H2,1-5H3/t15-,16+/m1/s1. The van der Waals surface area contributed by atoms with Gasteiger partial charge in [0.05, 0.1) is 34.9 Å². The number of fused-ring (bicyclic) bond motifs is 1. The topological polar surface area (TPSA) is 65.7 Å². The number of hydrogen-bond donors (Lipinski definition) is 0. The van der Waals surface area contributed by atoms with Crippen molar-refractivity contribution in [1.82, 2.24) is 9.66 Å². The van der Waals surface area contributed by atoms with Crippen molar-refractivity contribution in [3.63, 3.8) is 0 Å². The number of aromatic nitrogens is 2. The highest BCUT2D eigenvalue weighted by Gasteiger charge is 2.17. The number of benzene rings is 2. The van der Waals surface area contributed by atoms with Crippen LogP contribution >= 0.6 is 27.5 Å². The Morgan fingerprint density at radius 1 is 1.18 bits per heavy atom. The molecule has 6 nitrogen and oxygen atoms in total. The molecular weight excluding hydrogens is 506 g/mol. The predicted molar refractivity (Wildman–Crippen MR) is 138 cm³/mol. The van der Waals surface area contributed by atoms with E-state index in [0.717, 1.165) is 17.3 Å². The average molecular weight is 535 g/mol. The molecule has 0 aliphatic heterocycles. The van der Waals surface area contributed by atoms with Crippen molar-refractivity contribution in [2.75, 3.05) is 6.61 Å².